The van der Waals surface area contributed by atoms with Crippen LogP contribution in [0.3, 0.4) is 0 Å². The zero-order chi connectivity index (χ0) is 12.7. The molecule has 2 unspecified atom stereocenters. The van der Waals surface area contributed by atoms with Crippen LogP contribution in [0.15, 0.2) is 0 Å². The first-order valence-electron chi connectivity index (χ1n) is 6.62. The van der Waals surface area contributed by atoms with Gasteiger partial charge in [0.2, 0.25) is 5.91 Å². The van der Waals surface area contributed by atoms with E-state index in [4.69, 9.17) is 4.74 Å². The monoisotopic (exact) mass is 243 g/mol. The van der Waals surface area contributed by atoms with Crippen LogP contribution in [-0.2, 0) is 9.53 Å². The van der Waals surface area contributed by atoms with E-state index in [1.54, 1.807) is 0 Å². The average Bonchev–Trinajstić information content (AvgIpc) is 2.27. The lowest BCUT2D eigenvalue weighted by Crippen LogP contribution is -2.45. The second-order valence-electron chi connectivity index (χ2n) is 5.15. The Balaban J connectivity index is 2.21. The highest BCUT2D eigenvalue weighted by atomic mass is 16.5. The number of carbonyl (C=O) groups is 1. The summed E-state index contributed by atoms with van der Waals surface area (Å²) >= 11 is 0. The number of hydrogen-bond donors (Lipinski definition) is 2. The van der Waals surface area contributed by atoms with Crippen LogP contribution in [0.25, 0.3) is 0 Å². The molecule has 2 N–H and O–H groups in total. The molecule has 17 heavy (non-hydrogen) atoms. The van der Waals surface area contributed by atoms with Crippen molar-refractivity contribution in [1.29, 1.82) is 0 Å². The van der Waals surface area contributed by atoms with E-state index < -0.39 is 5.60 Å². The normalized spacial score (nSPS) is 29.0. The maximum atomic E-state index is 11.5. The molecule has 0 aromatic carbocycles. The van der Waals surface area contributed by atoms with E-state index in [1.165, 1.54) is 6.42 Å². The molecular weight excluding hydrogens is 218 g/mol. The summed E-state index contributed by atoms with van der Waals surface area (Å²) in [4.78, 5) is 11.5. The second-order valence-corrected chi connectivity index (χ2v) is 5.15. The SMILES string of the molecule is CCOCCC(=O)NCC1(O)CCCC(C)C1. The van der Waals surface area contributed by atoms with Crippen molar-refractivity contribution in [2.45, 2.75) is 51.6 Å². The van der Waals surface area contributed by atoms with Gasteiger partial charge in [0.25, 0.3) is 0 Å². The minimum absolute atomic E-state index is 0.0369. The topological polar surface area (TPSA) is 58.6 Å². The van der Waals surface area contributed by atoms with E-state index in [1.807, 2.05) is 6.92 Å². The molecule has 0 bridgehead atoms. The number of aliphatic hydroxyl groups is 1. The Bertz CT molecular complexity index is 245. The fraction of sp³-hybridized carbons (Fsp3) is 0.923. The predicted molar refractivity (Wildman–Crippen MR) is 66.7 cm³/mol. The fourth-order valence-electron chi connectivity index (χ4n) is 2.45. The van der Waals surface area contributed by atoms with Crippen LogP contribution < -0.4 is 5.32 Å². The number of hydrogen-bond acceptors (Lipinski definition) is 3. The summed E-state index contributed by atoms with van der Waals surface area (Å²) in [5.74, 6) is 0.513. The number of rotatable bonds is 6. The predicted octanol–water partition coefficient (Wildman–Crippen LogP) is 1.47. The molecule has 4 nitrogen and oxygen atoms in total. The summed E-state index contributed by atoms with van der Waals surface area (Å²) < 4.78 is 5.11. The van der Waals surface area contributed by atoms with E-state index in [2.05, 4.69) is 12.2 Å². The van der Waals surface area contributed by atoms with Crippen LogP contribution in [0, 0.1) is 5.92 Å². The minimum atomic E-state index is -0.695. The van der Waals surface area contributed by atoms with E-state index >= 15 is 0 Å². The second kappa shape index (κ2) is 6.97. The number of nitrogens with one attached hydrogen (secondary N) is 1. The van der Waals surface area contributed by atoms with Gasteiger partial charge in [-0.05, 0) is 25.7 Å². The van der Waals surface area contributed by atoms with E-state index in [0.29, 0.717) is 32.1 Å². The number of carbonyl (C=O) groups excluding carboxylic acids is 1. The molecular formula is C13H25NO3. The molecule has 1 aliphatic rings. The molecule has 1 rings (SSSR count). The van der Waals surface area contributed by atoms with Crippen molar-refractivity contribution in [3.05, 3.63) is 0 Å². The molecule has 4 heteroatoms. The van der Waals surface area contributed by atoms with Gasteiger partial charge in [-0.25, -0.2) is 0 Å². The Morgan fingerprint density at radius 1 is 1.59 bits per heavy atom. The van der Waals surface area contributed by atoms with Crippen molar-refractivity contribution in [2.24, 2.45) is 5.92 Å². The Morgan fingerprint density at radius 2 is 2.35 bits per heavy atom. The number of amides is 1. The first-order valence-corrected chi connectivity index (χ1v) is 6.62. The van der Waals surface area contributed by atoms with Gasteiger partial charge in [0.05, 0.1) is 12.2 Å². The maximum absolute atomic E-state index is 11.5. The Kier molecular flexibility index (Phi) is 5.92. The minimum Gasteiger partial charge on any atom is -0.388 e. The first-order chi connectivity index (χ1) is 8.06. The zero-order valence-electron chi connectivity index (χ0n) is 11.0. The summed E-state index contributed by atoms with van der Waals surface area (Å²) in [6.45, 7) is 5.53. The van der Waals surface area contributed by atoms with Crippen molar-refractivity contribution >= 4 is 5.91 Å². The molecule has 0 aromatic heterocycles. The third-order valence-electron chi connectivity index (χ3n) is 3.36. The van der Waals surface area contributed by atoms with E-state index in [0.717, 1.165) is 19.3 Å². The summed E-state index contributed by atoms with van der Waals surface area (Å²) in [6, 6.07) is 0. The maximum Gasteiger partial charge on any atom is 0.222 e. The summed E-state index contributed by atoms with van der Waals surface area (Å²) in [7, 11) is 0. The molecule has 1 aliphatic carbocycles. The lowest BCUT2D eigenvalue weighted by atomic mass is 9.79. The molecule has 0 radical (unpaired) electrons. The molecule has 0 saturated heterocycles. The lowest BCUT2D eigenvalue weighted by Gasteiger charge is -2.35. The summed E-state index contributed by atoms with van der Waals surface area (Å²) in [5, 5.41) is 13.1. The largest absolute Gasteiger partial charge is 0.388 e. The lowest BCUT2D eigenvalue weighted by molar-refractivity contribution is -0.124. The molecule has 0 aromatic rings. The Hall–Kier alpha value is -0.610. The van der Waals surface area contributed by atoms with Gasteiger partial charge in [-0.2, -0.15) is 0 Å². The van der Waals surface area contributed by atoms with Gasteiger partial charge < -0.3 is 15.2 Å². The molecule has 1 saturated carbocycles. The number of ether oxygens (including phenoxy) is 1. The standard InChI is InChI=1S/C13H25NO3/c1-3-17-8-6-12(15)14-10-13(16)7-4-5-11(2)9-13/h11,16H,3-10H2,1-2H3,(H,14,15). The average molecular weight is 243 g/mol. The highest BCUT2D eigenvalue weighted by molar-refractivity contribution is 5.76. The molecule has 0 heterocycles. The Labute approximate surface area is 104 Å². The van der Waals surface area contributed by atoms with Crippen molar-refractivity contribution in [3.63, 3.8) is 0 Å². The molecule has 2 atom stereocenters. The molecule has 0 aliphatic heterocycles. The van der Waals surface area contributed by atoms with Crippen molar-refractivity contribution in [2.75, 3.05) is 19.8 Å². The fourth-order valence-corrected chi connectivity index (χ4v) is 2.45. The van der Waals surface area contributed by atoms with Gasteiger partial charge in [-0.3, -0.25) is 4.79 Å². The van der Waals surface area contributed by atoms with Crippen molar-refractivity contribution < 1.29 is 14.6 Å². The zero-order valence-corrected chi connectivity index (χ0v) is 11.0. The van der Waals surface area contributed by atoms with Crippen molar-refractivity contribution in [1.82, 2.24) is 5.32 Å². The van der Waals surface area contributed by atoms with Crippen LogP contribution in [0.5, 0.6) is 0 Å². The van der Waals surface area contributed by atoms with Gasteiger partial charge in [0.15, 0.2) is 0 Å². The summed E-state index contributed by atoms with van der Waals surface area (Å²) in [5.41, 5.74) is -0.695. The van der Waals surface area contributed by atoms with Gasteiger partial charge in [0.1, 0.15) is 0 Å². The molecule has 0 spiro atoms. The van der Waals surface area contributed by atoms with Gasteiger partial charge in [0, 0.05) is 19.6 Å². The third kappa shape index (κ3) is 5.50. The van der Waals surface area contributed by atoms with E-state index in [-0.39, 0.29) is 5.91 Å². The Morgan fingerprint density at radius 3 is 3.00 bits per heavy atom. The summed E-state index contributed by atoms with van der Waals surface area (Å²) in [6.07, 6.45) is 4.19. The van der Waals surface area contributed by atoms with Crippen LogP contribution in [-0.4, -0.2) is 36.4 Å². The highest BCUT2D eigenvalue weighted by Crippen LogP contribution is 2.31. The van der Waals surface area contributed by atoms with Crippen LogP contribution in [0.1, 0.15) is 46.0 Å². The van der Waals surface area contributed by atoms with E-state index in [9.17, 15) is 9.90 Å². The third-order valence-corrected chi connectivity index (χ3v) is 3.36. The smallest absolute Gasteiger partial charge is 0.222 e. The van der Waals surface area contributed by atoms with Crippen LogP contribution in [0.2, 0.25) is 0 Å². The molecule has 1 amide bonds. The quantitative estimate of drug-likeness (QED) is 0.695. The van der Waals surface area contributed by atoms with Gasteiger partial charge >= 0.3 is 0 Å². The molecule has 100 valence electrons. The first kappa shape index (κ1) is 14.5. The van der Waals surface area contributed by atoms with Crippen LogP contribution in [0.4, 0.5) is 0 Å². The highest BCUT2D eigenvalue weighted by Gasteiger charge is 2.32. The van der Waals surface area contributed by atoms with Crippen LogP contribution >= 0.6 is 0 Å². The molecule has 1 fully saturated rings. The van der Waals surface area contributed by atoms with Gasteiger partial charge in [-0.15, -0.1) is 0 Å². The van der Waals surface area contributed by atoms with Gasteiger partial charge in [-0.1, -0.05) is 19.8 Å². The van der Waals surface area contributed by atoms with Crippen molar-refractivity contribution in [3.8, 4) is 0 Å².